The SMILES string of the molecule is CCCCCCCCCCCCCCNS(=O)(=O)NCCCCCC. The molecule has 0 amide bonds. The van der Waals surface area contributed by atoms with E-state index in [1.165, 1.54) is 77.0 Å². The third-order valence-corrected chi connectivity index (χ3v) is 5.81. The highest BCUT2D eigenvalue weighted by molar-refractivity contribution is 7.87. The van der Waals surface area contributed by atoms with Gasteiger partial charge in [0.1, 0.15) is 0 Å². The minimum Gasteiger partial charge on any atom is -0.202 e. The maximum atomic E-state index is 11.7. The molecule has 5 heteroatoms. The van der Waals surface area contributed by atoms with Gasteiger partial charge in [0.25, 0.3) is 10.2 Å². The highest BCUT2D eigenvalue weighted by Gasteiger charge is 2.06. The quantitative estimate of drug-likeness (QED) is 0.268. The third kappa shape index (κ3) is 20.0. The van der Waals surface area contributed by atoms with Crippen LogP contribution in [0.3, 0.4) is 0 Å². The van der Waals surface area contributed by atoms with Crippen LogP contribution in [-0.4, -0.2) is 21.5 Å². The standard InChI is InChI=1S/C20H44N2O2S/c1-3-5-7-9-10-11-12-13-14-15-16-18-20-22-25(23,24)21-19-17-8-6-4-2/h21-22H,3-20H2,1-2H3. The van der Waals surface area contributed by atoms with Crippen molar-refractivity contribution in [3.05, 3.63) is 0 Å². The van der Waals surface area contributed by atoms with E-state index in [2.05, 4.69) is 23.3 Å². The lowest BCUT2D eigenvalue weighted by atomic mass is 10.1. The van der Waals surface area contributed by atoms with Gasteiger partial charge in [0.15, 0.2) is 0 Å². The lowest BCUT2D eigenvalue weighted by Crippen LogP contribution is -2.37. The molecular weight excluding hydrogens is 332 g/mol. The molecule has 2 N–H and O–H groups in total. The first kappa shape index (κ1) is 24.9. The summed E-state index contributed by atoms with van der Waals surface area (Å²) >= 11 is 0. The fourth-order valence-electron chi connectivity index (χ4n) is 2.98. The van der Waals surface area contributed by atoms with Gasteiger partial charge in [0.2, 0.25) is 0 Å². The van der Waals surface area contributed by atoms with Crippen molar-refractivity contribution in [3.8, 4) is 0 Å². The number of hydrogen-bond acceptors (Lipinski definition) is 2. The molecule has 0 heterocycles. The summed E-state index contributed by atoms with van der Waals surface area (Å²) in [7, 11) is -3.28. The fourth-order valence-corrected chi connectivity index (χ4v) is 3.91. The van der Waals surface area contributed by atoms with E-state index in [1.54, 1.807) is 0 Å². The van der Waals surface area contributed by atoms with Crippen LogP contribution in [0.15, 0.2) is 0 Å². The molecule has 0 spiro atoms. The third-order valence-electron chi connectivity index (χ3n) is 4.64. The van der Waals surface area contributed by atoms with Gasteiger partial charge in [-0.3, -0.25) is 0 Å². The van der Waals surface area contributed by atoms with Crippen LogP contribution in [0.25, 0.3) is 0 Å². The summed E-state index contributed by atoms with van der Waals surface area (Å²) in [5.41, 5.74) is 0. The summed E-state index contributed by atoms with van der Waals surface area (Å²) in [6.07, 6.45) is 19.9. The predicted molar refractivity (Wildman–Crippen MR) is 110 cm³/mol. The van der Waals surface area contributed by atoms with Crippen molar-refractivity contribution in [1.29, 1.82) is 0 Å². The Hall–Kier alpha value is -0.130. The van der Waals surface area contributed by atoms with Gasteiger partial charge in [-0.25, -0.2) is 9.44 Å². The Kier molecular flexibility index (Phi) is 18.6. The highest BCUT2D eigenvalue weighted by Crippen LogP contribution is 2.11. The van der Waals surface area contributed by atoms with E-state index >= 15 is 0 Å². The summed E-state index contributed by atoms with van der Waals surface area (Å²) in [6.45, 7) is 5.52. The molecule has 0 aromatic heterocycles. The average molecular weight is 377 g/mol. The van der Waals surface area contributed by atoms with Crippen molar-refractivity contribution < 1.29 is 8.42 Å². The predicted octanol–water partition coefficient (Wildman–Crippen LogP) is 5.69. The summed E-state index contributed by atoms with van der Waals surface area (Å²) in [4.78, 5) is 0. The van der Waals surface area contributed by atoms with Gasteiger partial charge in [-0.2, -0.15) is 8.42 Å². The molecule has 0 unspecified atom stereocenters. The van der Waals surface area contributed by atoms with E-state index in [4.69, 9.17) is 0 Å². The average Bonchev–Trinajstić information content (AvgIpc) is 2.58. The number of hydrogen-bond donors (Lipinski definition) is 2. The number of nitrogens with one attached hydrogen (secondary N) is 2. The number of rotatable bonds is 20. The Bertz CT molecular complexity index is 359. The number of unbranched alkanes of at least 4 members (excludes halogenated alkanes) is 14. The summed E-state index contributed by atoms with van der Waals surface area (Å²) in [5, 5.41) is 0. The van der Waals surface area contributed by atoms with Crippen molar-refractivity contribution in [2.45, 2.75) is 117 Å². The van der Waals surface area contributed by atoms with Crippen molar-refractivity contribution in [1.82, 2.24) is 9.44 Å². The van der Waals surface area contributed by atoms with Crippen molar-refractivity contribution in [2.24, 2.45) is 0 Å². The van der Waals surface area contributed by atoms with Gasteiger partial charge in [0.05, 0.1) is 0 Å². The minimum atomic E-state index is -3.28. The fraction of sp³-hybridized carbons (Fsp3) is 1.00. The van der Waals surface area contributed by atoms with E-state index < -0.39 is 10.2 Å². The minimum absolute atomic E-state index is 0.549. The van der Waals surface area contributed by atoms with Gasteiger partial charge >= 0.3 is 0 Å². The highest BCUT2D eigenvalue weighted by atomic mass is 32.2. The summed E-state index contributed by atoms with van der Waals surface area (Å²) < 4.78 is 28.8. The molecule has 0 rings (SSSR count). The first-order valence-electron chi connectivity index (χ1n) is 10.9. The smallest absolute Gasteiger partial charge is 0.202 e. The molecular formula is C20H44N2O2S. The molecule has 0 aromatic carbocycles. The Labute approximate surface area is 158 Å². The summed E-state index contributed by atoms with van der Waals surface area (Å²) in [6, 6.07) is 0. The largest absolute Gasteiger partial charge is 0.276 e. The molecule has 0 aliphatic carbocycles. The van der Waals surface area contributed by atoms with Crippen LogP contribution >= 0.6 is 0 Å². The second-order valence-electron chi connectivity index (χ2n) is 7.24. The maximum absolute atomic E-state index is 11.7. The van der Waals surface area contributed by atoms with Gasteiger partial charge in [-0.05, 0) is 12.8 Å². The molecule has 0 aromatic rings. The zero-order valence-electron chi connectivity index (χ0n) is 17.0. The lowest BCUT2D eigenvalue weighted by molar-refractivity contribution is 0.536. The van der Waals surface area contributed by atoms with Crippen LogP contribution in [0, 0.1) is 0 Å². The molecule has 0 fully saturated rings. The molecule has 0 atom stereocenters. The van der Waals surface area contributed by atoms with Crippen molar-refractivity contribution >= 4 is 10.2 Å². The Morgan fingerprint density at radius 3 is 1.12 bits per heavy atom. The molecule has 152 valence electrons. The van der Waals surface area contributed by atoms with E-state index in [1.807, 2.05) is 0 Å². The van der Waals surface area contributed by atoms with Gasteiger partial charge in [-0.15, -0.1) is 0 Å². The maximum Gasteiger partial charge on any atom is 0.276 e. The van der Waals surface area contributed by atoms with Crippen LogP contribution in [-0.2, 0) is 10.2 Å². The van der Waals surface area contributed by atoms with E-state index in [-0.39, 0.29) is 0 Å². The van der Waals surface area contributed by atoms with Crippen LogP contribution in [0.2, 0.25) is 0 Å². The van der Waals surface area contributed by atoms with E-state index in [0.29, 0.717) is 13.1 Å². The van der Waals surface area contributed by atoms with E-state index in [9.17, 15) is 8.42 Å². The van der Waals surface area contributed by atoms with Crippen LogP contribution in [0.5, 0.6) is 0 Å². The van der Waals surface area contributed by atoms with Crippen LogP contribution in [0.4, 0.5) is 0 Å². The first-order valence-corrected chi connectivity index (χ1v) is 12.3. The first-order chi connectivity index (χ1) is 12.1. The zero-order valence-corrected chi connectivity index (χ0v) is 17.8. The monoisotopic (exact) mass is 376 g/mol. The van der Waals surface area contributed by atoms with Crippen LogP contribution < -0.4 is 9.44 Å². The molecule has 0 bridgehead atoms. The van der Waals surface area contributed by atoms with Crippen LogP contribution in [0.1, 0.15) is 117 Å². The molecule has 0 aliphatic heterocycles. The normalized spacial score (nSPS) is 11.9. The van der Waals surface area contributed by atoms with Gasteiger partial charge in [-0.1, -0.05) is 104 Å². The second-order valence-corrected chi connectivity index (χ2v) is 8.83. The molecule has 0 radical (unpaired) electrons. The molecule has 0 saturated carbocycles. The Morgan fingerprint density at radius 2 is 0.760 bits per heavy atom. The topological polar surface area (TPSA) is 58.2 Å². The lowest BCUT2D eigenvalue weighted by Gasteiger charge is -2.08. The van der Waals surface area contributed by atoms with Crippen molar-refractivity contribution in [2.75, 3.05) is 13.1 Å². The molecule has 0 aliphatic rings. The molecule has 4 nitrogen and oxygen atoms in total. The van der Waals surface area contributed by atoms with Gasteiger partial charge < -0.3 is 0 Å². The molecule has 25 heavy (non-hydrogen) atoms. The second kappa shape index (κ2) is 18.7. The Balaban J connectivity index is 3.28. The Morgan fingerprint density at radius 1 is 0.480 bits per heavy atom. The van der Waals surface area contributed by atoms with Gasteiger partial charge in [0, 0.05) is 13.1 Å². The van der Waals surface area contributed by atoms with E-state index in [0.717, 1.165) is 25.7 Å². The summed E-state index contributed by atoms with van der Waals surface area (Å²) in [5.74, 6) is 0. The molecule has 0 saturated heterocycles. The van der Waals surface area contributed by atoms with Crippen molar-refractivity contribution in [3.63, 3.8) is 0 Å². The zero-order chi connectivity index (χ0) is 18.6.